The molecule has 2 heteroatoms. The summed E-state index contributed by atoms with van der Waals surface area (Å²) in [7, 11) is 0. The Morgan fingerprint density at radius 1 is 1.19 bits per heavy atom. The second-order valence-electron chi connectivity index (χ2n) is 5.64. The smallest absolute Gasteiger partial charge is 0.0359 e. The Hall–Kier alpha value is -1.02. The Balaban J connectivity index is 1.95. The quantitative estimate of drug-likeness (QED) is 0.773. The predicted octanol–water partition coefficient (Wildman–Crippen LogP) is 2.89. The first-order chi connectivity index (χ1) is 7.57. The zero-order valence-corrected chi connectivity index (χ0v) is 10.4. The number of nitrogens with two attached hydrogens (primary N) is 1. The highest BCUT2D eigenvalue weighted by molar-refractivity contribution is 5.46. The standard InChI is InChI=1S/C14H22N2/c1-14(2)7-9-16(10-8-14)11-12-5-3-4-6-13(12)15/h3-6H,7-11,15H2,1-2H3. The summed E-state index contributed by atoms with van der Waals surface area (Å²) in [5.41, 5.74) is 8.68. The molecule has 0 radical (unpaired) electrons. The molecule has 1 aromatic rings. The van der Waals surface area contributed by atoms with Crippen LogP contribution in [0.25, 0.3) is 0 Å². The molecule has 0 bridgehead atoms. The molecule has 2 rings (SSSR count). The summed E-state index contributed by atoms with van der Waals surface area (Å²) in [5.74, 6) is 0. The van der Waals surface area contributed by atoms with Gasteiger partial charge in [0.2, 0.25) is 0 Å². The lowest BCUT2D eigenvalue weighted by Crippen LogP contribution is -2.36. The van der Waals surface area contributed by atoms with Crippen LogP contribution in [-0.2, 0) is 6.54 Å². The summed E-state index contributed by atoms with van der Waals surface area (Å²) in [4.78, 5) is 2.51. The monoisotopic (exact) mass is 218 g/mol. The van der Waals surface area contributed by atoms with Crippen molar-refractivity contribution in [3.8, 4) is 0 Å². The van der Waals surface area contributed by atoms with Crippen molar-refractivity contribution in [3.63, 3.8) is 0 Å². The van der Waals surface area contributed by atoms with Crippen molar-refractivity contribution in [2.24, 2.45) is 5.41 Å². The van der Waals surface area contributed by atoms with Crippen molar-refractivity contribution in [1.82, 2.24) is 4.90 Å². The van der Waals surface area contributed by atoms with E-state index in [-0.39, 0.29) is 0 Å². The molecule has 1 saturated heterocycles. The van der Waals surface area contributed by atoms with Crippen molar-refractivity contribution >= 4 is 5.69 Å². The van der Waals surface area contributed by atoms with Crippen molar-refractivity contribution in [1.29, 1.82) is 0 Å². The summed E-state index contributed by atoms with van der Waals surface area (Å²) in [6, 6.07) is 8.19. The van der Waals surface area contributed by atoms with Crippen LogP contribution in [0.5, 0.6) is 0 Å². The summed E-state index contributed by atoms with van der Waals surface area (Å²) >= 11 is 0. The van der Waals surface area contributed by atoms with E-state index >= 15 is 0 Å². The second kappa shape index (κ2) is 4.46. The number of nitrogen functional groups attached to an aromatic ring is 1. The van der Waals surface area contributed by atoms with Crippen LogP contribution in [0.3, 0.4) is 0 Å². The lowest BCUT2D eigenvalue weighted by atomic mass is 9.82. The number of hydrogen-bond acceptors (Lipinski definition) is 2. The number of piperidine rings is 1. The molecule has 88 valence electrons. The van der Waals surface area contributed by atoms with Crippen LogP contribution in [0.1, 0.15) is 32.3 Å². The van der Waals surface area contributed by atoms with Gasteiger partial charge in [-0.05, 0) is 43.0 Å². The first kappa shape index (κ1) is 11.5. The van der Waals surface area contributed by atoms with Gasteiger partial charge in [0.15, 0.2) is 0 Å². The third-order valence-electron chi connectivity index (χ3n) is 3.66. The Kier molecular flexibility index (Phi) is 3.20. The van der Waals surface area contributed by atoms with Crippen LogP contribution in [-0.4, -0.2) is 18.0 Å². The summed E-state index contributed by atoms with van der Waals surface area (Å²) in [6.45, 7) is 8.12. The maximum absolute atomic E-state index is 5.96. The number of benzene rings is 1. The molecule has 1 fully saturated rings. The van der Waals surface area contributed by atoms with E-state index in [1.807, 2.05) is 12.1 Å². The van der Waals surface area contributed by atoms with Crippen molar-refractivity contribution in [3.05, 3.63) is 29.8 Å². The average molecular weight is 218 g/mol. The van der Waals surface area contributed by atoms with Crippen molar-refractivity contribution < 1.29 is 0 Å². The van der Waals surface area contributed by atoms with Crippen LogP contribution in [0.4, 0.5) is 5.69 Å². The van der Waals surface area contributed by atoms with E-state index in [0.717, 1.165) is 12.2 Å². The molecule has 0 aliphatic carbocycles. The van der Waals surface area contributed by atoms with E-state index in [0.29, 0.717) is 5.41 Å². The topological polar surface area (TPSA) is 29.3 Å². The Labute approximate surface area is 98.4 Å². The molecule has 1 aromatic carbocycles. The van der Waals surface area contributed by atoms with Gasteiger partial charge in [-0.2, -0.15) is 0 Å². The molecular formula is C14H22N2. The average Bonchev–Trinajstić information content (AvgIpc) is 2.24. The lowest BCUT2D eigenvalue weighted by Gasteiger charge is -2.37. The van der Waals surface area contributed by atoms with E-state index in [1.54, 1.807) is 0 Å². The minimum Gasteiger partial charge on any atom is -0.398 e. The largest absolute Gasteiger partial charge is 0.398 e. The molecule has 0 unspecified atom stereocenters. The fraction of sp³-hybridized carbons (Fsp3) is 0.571. The molecule has 0 aromatic heterocycles. The summed E-state index contributed by atoms with van der Waals surface area (Å²) < 4.78 is 0. The van der Waals surface area contributed by atoms with E-state index in [1.165, 1.54) is 31.5 Å². The number of hydrogen-bond donors (Lipinski definition) is 1. The van der Waals surface area contributed by atoms with Crippen LogP contribution < -0.4 is 5.73 Å². The van der Waals surface area contributed by atoms with Gasteiger partial charge in [0.05, 0.1) is 0 Å². The van der Waals surface area contributed by atoms with Gasteiger partial charge in [-0.1, -0.05) is 32.0 Å². The maximum Gasteiger partial charge on any atom is 0.0359 e. The number of likely N-dealkylation sites (tertiary alicyclic amines) is 1. The first-order valence-electron chi connectivity index (χ1n) is 6.13. The van der Waals surface area contributed by atoms with Crippen LogP contribution in [0.2, 0.25) is 0 Å². The van der Waals surface area contributed by atoms with E-state index in [4.69, 9.17) is 5.73 Å². The molecule has 0 amide bonds. The number of anilines is 1. The third-order valence-corrected chi connectivity index (χ3v) is 3.66. The first-order valence-corrected chi connectivity index (χ1v) is 6.13. The predicted molar refractivity (Wildman–Crippen MR) is 69.1 cm³/mol. The van der Waals surface area contributed by atoms with E-state index in [9.17, 15) is 0 Å². The Morgan fingerprint density at radius 3 is 2.44 bits per heavy atom. The molecule has 2 N–H and O–H groups in total. The van der Waals surface area contributed by atoms with E-state index in [2.05, 4.69) is 30.9 Å². The second-order valence-corrected chi connectivity index (χ2v) is 5.64. The highest BCUT2D eigenvalue weighted by Crippen LogP contribution is 2.30. The van der Waals surface area contributed by atoms with Gasteiger partial charge >= 0.3 is 0 Å². The molecule has 1 aliphatic rings. The zero-order valence-electron chi connectivity index (χ0n) is 10.4. The van der Waals surface area contributed by atoms with Crippen molar-refractivity contribution in [2.75, 3.05) is 18.8 Å². The van der Waals surface area contributed by atoms with Crippen LogP contribution >= 0.6 is 0 Å². The number of nitrogens with zero attached hydrogens (tertiary/aromatic N) is 1. The molecule has 2 nitrogen and oxygen atoms in total. The highest BCUT2D eigenvalue weighted by Gasteiger charge is 2.25. The van der Waals surface area contributed by atoms with Gasteiger partial charge in [-0.3, -0.25) is 4.90 Å². The fourth-order valence-electron chi connectivity index (χ4n) is 2.24. The highest BCUT2D eigenvalue weighted by atomic mass is 15.1. The number of para-hydroxylation sites is 1. The minimum absolute atomic E-state index is 0.527. The summed E-state index contributed by atoms with van der Waals surface area (Å²) in [5, 5.41) is 0. The van der Waals surface area contributed by atoms with Crippen LogP contribution in [0.15, 0.2) is 24.3 Å². The molecular weight excluding hydrogens is 196 g/mol. The van der Waals surface area contributed by atoms with Gasteiger partial charge < -0.3 is 5.73 Å². The molecule has 0 saturated carbocycles. The fourth-order valence-corrected chi connectivity index (χ4v) is 2.24. The zero-order chi connectivity index (χ0) is 11.6. The maximum atomic E-state index is 5.96. The van der Waals surface area contributed by atoms with Gasteiger partial charge in [-0.15, -0.1) is 0 Å². The SMILES string of the molecule is CC1(C)CCN(Cc2ccccc2N)CC1. The Bertz CT molecular complexity index is 348. The summed E-state index contributed by atoms with van der Waals surface area (Å²) in [6.07, 6.45) is 2.58. The normalized spacial score (nSPS) is 20.9. The van der Waals surface area contributed by atoms with Crippen molar-refractivity contribution in [2.45, 2.75) is 33.2 Å². The molecule has 1 aliphatic heterocycles. The minimum atomic E-state index is 0.527. The molecule has 0 spiro atoms. The van der Waals surface area contributed by atoms with E-state index < -0.39 is 0 Å². The third kappa shape index (κ3) is 2.76. The Morgan fingerprint density at radius 2 is 1.81 bits per heavy atom. The van der Waals surface area contributed by atoms with Gasteiger partial charge in [0.1, 0.15) is 0 Å². The van der Waals surface area contributed by atoms with Gasteiger partial charge in [-0.25, -0.2) is 0 Å². The molecule has 0 atom stereocenters. The lowest BCUT2D eigenvalue weighted by molar-refractivity contribution is 0.127. The van der Waals surface area contributed by atoms with Gasteiger partial charge in [0.25, 0.3) is 0 Å². The molecule has 1 heterocycles. The van der Waals surface area contributed by atoms with Gasteiger partial charge in [0, 0.05) is 12.2 Å². The molecule has 16 heavy (non-hydrogen) atoms. The number of rotatable bonds is 2. The van der Waals surface area contributed by atoms with Crippen LogP contribution in [0, 0.1) is 5.41 Å².